The molecule has 0 saturated carbocycles. The van der Waals surface area contributed by atoms with Crippen LogP contribution >= 0.6 is 11.3 Å². The van der Waals surface area contributed by atoms with Crippen LogP contribution in [0.25, 0.3) is 0 Å². The molecular weight excluding hydrogens is 294 g/mol. The van der Waals surface area contributed by atoms with E-state index in [0.29, 0.717) is 0 Å². The molecule has 1 aromatic rings. The number of hydrogen-bond donors (Lipinski definition) is 3. The molecule has 0 fully saturated rings. The molecule has 0 aliphatic heterocycles. The molecule has 0 radical (unpaired) electrons. The Labute approximate surface area is 113 Å². The van der Waals surface area contributed by atoms with Crippen LogP contribution in [0.3, 0.4) is 0 Å². The van der Waals surface area contributed by atoms with Gasteiger partial charge in [0.15, 0.2) is 9.34 Å². The van der Waals surface area contributed by atoms with Gasteiger partial charge >= 0.3 is 5.97 Å². The van der Waals surface area contributed by atoms with Gasteiger partial charge in [-0.25, -0.2) is 18.1 Å². The van der Waals surface area contributed by atoms with Crippen LogP contribution < -0.4 is 10.0 Å². The van der Waals surface area contributed by atoms with E-state index in [1.165, 1.54) is 7.05 Å². The molecular formula is C9H13N3O5S2. The molecule has 1 rings (SSSR count). The summed E-state index contributed by atoms with van der Waals surface area (Å²) in [6.07, 6.45) is 1.31. The minimum Gasteiger partial charge on any atom is -0.481 e. The zero-order valence-corrected chi connectivity index (χ0v) is 11.7. The average molecular weight is 307 g/mol. The van der Waals surface area contributed by atoms with Crippen molar-refractivity contribution in [1.29, 1.82) is 0 Å². The molecule has 0 aromatic carbocycles. The SMILES string of the molecule is CNS(=O)(=O)c1cnc(NC(=O)CCCC(=O)O)s1. The minimum absolute atomic E-state index is 0.00386. The van der Waals surface area contributed by atoms with E-state index in [-0.39, 0.29) is 28.6 Å². The van der Waals surface area contributed by atoms with Crippen molar-refractivity contribution in [2.24, 2.45) is 0 Å². The highest BCUT2D eigenvalue weighted by Crippen LogP contribution is 2.22. The van der Waals surface area contributed by atoms with E-state index in [9.17, 15) is 18.0 Å². The summed E-state index contributed by atoms with van der Waals surface area (Å²) in [4.78, 5) is 25.5. The number of carbonyl (C=O) groups is 2. The molecule has 19 heavy (non-hydrogen) atoms. The molecule has 1 amide bonds. The lowest BCUT2D eigenvalue weighted by molar-refractivity contribution is -0.137. The molecule has 0 aliphatic rings. The van der Waals surface area contributed by atoms with Crippen LogP contribution in [0.5, 0.6) is 0 Å². The number of carboxylic acid groups (broad SMARTS) is 1. The van der Waals surface area contributed by atoms with Gasteiger partial charge < -0.3 is 10.4 Å². The molecule has 1 heterocycles. The summed E-state index contributed by atoms with van der Waals surface area (Å²) in [6, 6.07) is 0. The summed E-state index contributed by atoms with van der Waals surface area (Å²) in [6.45, 7) is 0. The lowest BCUT2D eigenvalue weighted by Crippen LogP contribution is -2.17. The highest BCUT2D eigenvalue weighted by molar-refractivity contribution is 7.91. The van der Waals surface area contributed by atoms with Crippen LogP contribution in [0.2, 0.25) is 0 Å². The Balaban J connectivity index is 2.54. The van der Waals surface area contributed by atoms with Crippen molar-refractivity contribution in [1.82, 2.24) is 9.71 Å². The van der Waals surface area contributed by atoms with E-state index in [1.54, 1.807) is 0 Å². The first kappa shape index (κ1) is 15.5. The van der Waals surface area contributed by atoms with Crippen molar-refractivity contribution in [3.05, 3.63) is 6.20 Å². The molecule has 1 aromatic heterocycles. The maximum Gasteiger partial charge on any atom is 0.303 e. The van der Waals surface area contributed by atoms with E-state index < -0.39 is 21.9 Å². The topological polar surface area (TPSA) is 125 Å². The Morgan fingerprint density at radius 3 is 2.68 bits per heavy atom. The van der Waals surface area contributed by atoms with Gasteiger partial charge in [-0.1, -0.05) is 11.3 Å². The Morgan fingerprint density at radius 1 is 1.42 bits per heavy atom. The Kier molecular flexibility index (Phi) is 5.39. The lowest BCUT2D eigenvalue weighted by atomic mass is 10.2. The second-order valence-corrected chi connectivity index (χ2v) is 6.63. The molecule has 0 spiro atoms. The lowest BCUT2D eigenvalue weighted by Gasteiger charge is -2.00. The number of nitrogens with one attached hydrogen (secondary N) is 2. The van der Waals surface area contributed by atoms with E-state index in [2.05, 4.69) is 15.0 Å². The number of amides is 1. The van der Waals surface area contributed by atoms with Gasteiger partial charge in [0.2, 0.25) is 5.91 Å². The number of aromatic nitrogens is 1. The van der Waals surface area contributed by atoms with Crippen LogP contribution in [-0.2, 0) is 19.6 Å². The third kappa shape index (κ3) is 4.93. The normalized spacial score (nSPS) is 11.2. The molecule has 0 aliphatic carbocycles. The number of aliphatic carboxylic acids is 1. The Bertz CT molecular complexity index is 566. The number of rotatable bonds is 7. The number of sulfonamides is 1. The monoisotopic (exact) mass is 307 g/mol. The highest BCUT2D eigenvalue weighted by Gasteiger charge is 2.16. The fourth-order valence-corrected chi connectivity index (χ4v) is 3.01. The van der Waals surface area contributed by atoms with Gasteiger partial charge in [-0.3, -0.25) is 9.59 Å². The molecule has 106 valence electrons. The minimum atomic E-state index is -3.56. The fraction of sp³-hybridized carbons (Fsp3) is 0.444. The molecule has 0 atom stereocenters. The molecule has 0 saturated heterocycles. The largest absolute Gasteiger partial charge is 0.481 e. The van der Waals surface area contributed by atoms with Crippen molar-refractivity contribution < 1.29 is 23.1 Å². The first-order valence-electron chi connectivity index (χ1n) is 5.26. The summed E-state index contributed by atoms with van der Waals surface area (Å²) in [5.41, 5.74) is 0. The Morgan fingerprint density at radius 2 is 2.11 bits per heavy atom. The highest BCUT2D eigenvalue weighted by atomic mass is 32.2. The molecule has 8 nitrogen and oxygen atoms in total. The van der Waals surface area contributed by atoms with E-state index in [0.717, 1.165) is 17.5 Å². The maximum atomic E-state index is 11.4. The van der Waals surface area contributed by atoms with Crippen molar-refractivity contribution in [2.75, 3.05) is 12.4 Å². The van der Waals surface area contributed by atoms with Gasteiger partial charge in [0.25, 0.3) is 10.0 Å². The summed E-state index contributed by atoms with van der Waals surface area (Å²) in [5.74, 6) is -1.37. The predicted octanol–water partition coefficient (Wildman–Crippen LogP) is 0.245. The van der Waals surface area contributed by atoms with Gasteiger partial charge in [-0.2, -0.15) is 0 Å². The zero-order valence-electron chi connectivity index (χ0n) is 10.0. The number of hydrogen-bond acceptors (Lipinski definition) is 6. The fourth-order valence-electron chi connectivity index (χ4n) is 1.12. The van der Waals surface area contributed by atoms with Gasteiger partial charge in [-0.15, -0.1) is 0 Å². The summed E-state index contributed by atoms with van der Waals surface area (Å²) in [7, 11) is -2.29. The standard InChI is InChI=1S/C9H13N3O5S2/c1-10-19(16,17)8-5-11-9(18-8)12-6(13)3-2-4-7(14)15/h5,10H,2-4H2,1H3,(H,14,15)(H,11,12,13). The van der Waals surface area contributed by atoms with Gasteiger partial charge in [-0.05, 0) is 13.5 Å². The second kappa shape index (κ2) is 6.59. The number of carbonyl (C=O) groups excluding carboxylic acids is 1. The number of thiazole rings is 1. The van der Waals surface area contributed by atoms with Crippen LogP contribution in [0.1, 0.15) is 19.3 Å². The zero-order chi connectivity index (χ0) is 14.5. The van der Waals surface area contributed by atoms with Crippen LogP contribution in [-0.4, -0.2) is 37.4 Å². The third-order valence-electron chi connectivity index (χ3n) is 2.06. The Hall–Kier alpha value is -1.52. The summed E-state index contributed by atoms with van der Waals surface area (Å²) >= 11 is 0.823. The number of anilines is 1. The van der Waals surface area contributed by atoms with Crippen molar-refractivity contribution in [2.45, 2.75) is 23.5 Å². The second-order valence-electron chi connectivity index (χ2n) is 3.49. The number of carboxylic acids is 1. The van der Waals surface area contributed by atoms with E-state index >= 15 is 0 Å². The maximum absolute atomic E-state index is 11.4. The van der Waals surface area contributed by atoms with Crippen LogP contribution in [0, 0.1) is 0 Å². The molecule has 3 N–H and O–H groups in total. The van der Waals surface area contributed by atoms with Gasteiger partial charge in [0.05, 0.1) is 6.20 Å². The van der Waals surface area contributed by atoms with E-state index in [4.69, 9.17) is 5.11 Å². The molecule has 0 unspecified atom stereocenters. The molecule has 10 heteroatoms. The summed E-state index contributed by atoms with van der Waals surface area (Å²) < 4.78 is 25.0. The quantitative estimate of drug-likeness (QED) is 0.662. The predicted molar refractivity (Wildman–Crippen MR) is 68.5 cm³/mol. The number of nitrogens with zero attached hydrogens (tertiary/aromatic N) is 1. The van der Waals surface area contributed by atoms with Gasteiger partial charge in [0.1, 0.15) is 0 Å². The van der Waals surface area contributed by atoms with Gasteiger partial charge in [0, 0.05) is 12.8 Å². The average Bonchev–Trinajstić information content (AvgIpc) is 2.77. The van der Waals surface area contributed by atoms with E-state index in [1.807, 2.05) is 0 Å². The molecule has 0 bridgehead atoms. The first-order valence-corrected chi connectivity index (χ1v) is 7.56. The van der Waals surface area contributed by atoms with Crippen molar-refractivity contribution >= 4 is 38.4 Å². The smallest absolute Gasteiger partial charge is 0.303 e. The van der Waals surface area contributed by atoms with Crippen molar-refractivity contribution in [3.8, 4) is 0 Å². The summed E-state index contributed by atoms with van der Waals surface area (Å²) in [5, 5.41) is 11.0. The van der Waals surface area contributed by atoms with Crippen molar-refractivity contribution in [3.63, 3.8) is 0 Å². The van der Waals surface area contributed by atoms with Crippen LogP contribution in [0.4, 0.5) is 5.13 Å². The van der Waals surface area contributed by atoms with Crippen LogP contribution in [0.15, 0.2) is 10.4 Å². The first-order chi connectivity index (χ1) is 8.85. The third-order valence-corrected chi connectivity index (χ3v) is 4.85.